The standard InChI is InChI=1S/C24H33N7O3/c1-15(2)11-18-13-25-28-31(18)14-21-23(27-29-30(21)4)20-9-10-22(16(3)26-20)34-19-8-6-7-17(12-19)24(32)33-5/h9-10,13,15,17,19H,6-8,11-12,14H2,1-5H3/t17-,19-/m0/s1. The van der Waals surface area contributed by atoms with Crippen LogP contribution in [0.5, 0.6) is 5.75 Å². The quantitative estimate of drug-likeness (QED) is 0.465. The monoisotopic (exact) mass is 467 g/mol. The van der Waals surface area contributed by atoms with Gasteiger partial charge in [0, 0.05) is 7.05 Å². The van der Waals surface area contributed by atoms with Crippen LogP contribution < -0.4 is 4.74 Å². The first-order chi connectivity index (χ1) is 16.4. The molecular formula is C24H33N7O3. The number of hydrogen-bond acceptors (Lipinski definition) is 8. The minimum absolute atomic E-state index is 0.0250. The number of carbonyl (C=O) groups is 1. The summed E-state index contributed by atoms with van der Waals surface area (Å²) in [7, 11) is 3.31. The molecule has 0 unspecified atom stereocenters. The molecule has 0 radical (unpaired) electrons. The highest BCUT2D eigenvalue weighted by molar-refractivity contribution is 5.72. The number of carbonyl (C=O) groups excluding carboxylic acids is 1. The zero-order valence-corrected chi connectivity index (χ0v) is 20.6. The van der Waals surface area contributed by atoms with Gasteiger partial charge >= 0.3 is 5.97 Å². The van der Waals surface area contributed by atoms with Crippen LogP contribution in [-0.2, 0) is 29.5 Å². The Morgan fingerprint density at radius 2 is 2.06 bits per heavy atom. The van der Waals surface area contributed by atoms with Crippen molar-refractivity contribution in [1.29, 1.82) is 0 Å². The lowest BCUT2D eigenvalue weighted by Gasteiger charge is -2.28. The van der Waals surface area contributed by atoms with Crippen LogP contribution in [0.15, 0.2) is 18.3 Å². The third kappa shape index (κ3) is 5.26. The minimum atomic E-state index is -0.155. The number of methoxy groups -OCH3 is 1. The third-order valence-corrected chi connectivity index (χ3v) is 6.29. The maximum absolute atomic E-state index is 11.9. The van der Waals surface area contributed by atoms with Gasteiger partial charge in [0.25, 0.3) is 0 Å². The van der Waals surface area contributed by atoms with E-state index in [1.165, 1.54) is 7.11 Å². The summed E-state index contributed by atoms with van der Waals surface area (Å²) in [5, 5.41) is 17.0. The van der Waals surface area contributed by atoms with E-state index in [1.54, 1.807) is 4.68 Å². The summed E-state index contributed by atoms with van der Waals surface area (Å²) in [5.74, 6) is 0.971. The van der Waals surface area contributed by atoms with Gasteiger partial charge < -0.3 is 9.47 Å². The SMILES string of the molecule is COC(=O)[C@H]1CCC[C@H](Oc2ccc(-c3nnn(C)c3Cn3nncc3CC(C)C)nc2C)C1. The van der Waals surface area contributed by atoms with E-state index in [4.69, 9.17) is 14.5 Å². The Bertz CT molecular complexity index is 1140. The smallest absolute Gasteiger partial charge is 0.308 e. The van der Waals surface area contributed by atoms with Gasteiger partial charge in [-0.15, -0.1) is 10.2 Å². The average Bonchev–Trinajstić information content (AvgIpc) is 3.41. The molecule has 10 heteroatoms. The van der Waals surface area contributed by atoms with Crippen LogP contribution in [0.25, 0.3) is 11.4 Å². The molecular weight excluding hydrogens is 434 g/mol. The number of ether oxygens (including phenoxy) is 2. The molecule has 0 amide bonds. The Balaban J connectivity index is 1.52. The van der Waals surface area contributed by atoms with Crippen molar-refractivity contribution in [2.24, 2.45) is 18.9 Å². The van der Waals surface area contributed by atoms with E-state index in [2.05, 4.69) is 34.5 Å². The summed E-state index contributed by atoms with van der Waals surface area (Å²) in [5.41, 5.74) is 4.20. The van der Waals surface area contributed by atoms with E-state index >= 15 is 0 Å². The predicted octanol–water partition coefficient (Wildman–Crippen LogP) is 3.13. The van der Waals surface area contributed by atoms with Crippen molar-refractivity contribution in [3.05, 3.63) is 35.4 Å². The van der Waals surface area contributed by atoms with Crippen LogP contribution in [0, 0.1) is 18.8 Å². The summed E-state index contributed by atoms with van der Waals surface area (Å²) < 4.78 is 14.8. The lowest BCUT2D eigenvalue weighted by atomic mass is 9.87. The fraction of sp³-hybridized carbons (Fsp3) is 0.583. The number of hydrogen-bond donors (Lipinski definition) is 0. The molecule has 3 aromatic rings. The first-order valence-corrected chi connectivity index (χ1v) is 11.8. The van der Waals surface area contributed by atoms with Gasteiger partial charge in [0.05, 0.1) is 54.6 Å². The van der Waals surface area contributed by atoms with Crippen LogP contribution in [0.2, 0.25) is 0 Å². The van der Waals surface area contributed by atoms with E-state index in [1.807, 2.05) is 37.0 Å². The maximum atomic E-state index is 11.9. The van der Waals surface area contributed by atoms with E-state index in [0.717, 1.165) is 54.2 Å². The molecule has 3 aromatic heterocycles. The third-order valence-electron chi connectivity index (χ3n) is 6.29. The lowest BCUT2D eigenvalue weighted by Crippen LogP contribution is -2.30. The molecule has 1 saturated carbocycles. The fourth-order valence-electron chi connectivity index (χ4n) is 4.50. The van der Waals surface area contributed by atoms with E-state index in [-0.39, 0.29) is 18.0 Å². The summed E-state index contributed by atoms with van der Waals surface area (Å²) in [6.45, 7) is 6.78. The highest BCUT2D eigenvalue weighted by Crippen LogP contribution is 2.31. The van der Waals surface area contributed by atoms with Crippen molar-refractivity contribution < 1.29 is 14.3 Å². The van der Waals surface area contributed by atoms with Gasteiger partial charge in [-0.05, 0) is 57.1 Å². The normalized spacial score (nSPS) is 18.3. The molecule has 0 aliphatic heterocycles. The summed E-state index contributed by atoms with van der Waals surface area (Å²) in [6.07, 6.45) is 6.06. The molecule has 1 aliphatic carbocycles. The Morgan fingerprint density at radius 3 is 2.79 bits per heavy atom. The molecule has 4 rings (SSSR count). The average molecular weight is 468 g/mol. The van der Waals surface area contributed by atoms with E-state index < -0.39 is 0 Å². The molecule has 0 N–H and O–H groups in total. The molecule has 0 bridgehead atoms. The van der Waals surface area contributed by atoms with Gasteiger partial charge in [-0.25, -0.2) is 14.3 Å². The van der Waals surface area contributed by atoms with Gasteiger partial charge in [0.1, 0.15) is 11.4 Å². The summed E-state index contributed by atoms with van der Waals surface area (Å²) >= 11 is 0. The Hall–Kier alpha value is -3.30. The molecule has 182 valence electrons. The van der Waals surface area contributed by atoms with E-state index in [0.29, 0.717) is 24.6 Å². The predicted molar refractivity (Wildman–Crippen MR) is 125 cm³/mol. The number of pyridine rings is 1. The van der Waals surface area contributed by atoms with Gasteiger partial charge in [-0.3, -0.25) is 4.79 Å². The van der Waals surface area contributed by atoms with Crippen molar-refractivity contribution in [3.8, 4) is 17.1 Å². The molecule has 3 heterocycles. The highest BCUT2D eigenvalue weighted by atomic mass is 16.5. The number of esters is 1. The van der Waals surface area contributed by atoms with Crippen LogP contribution in [-0.4, -0.2) is 54.2 Å². The lowest BCUT2D eigenvalue weighted by molar-refractivity contribution is -0.147. The summed E-state index contributed by atoms with van der Waals surface area (Å²) in [4.78, 5) is 16.7. The van der Waals surface area contributed by atoms with Gasteiger partial charge in [0.2, 0.25) is 0 Å². The van der Waals surface area contributed by atoms with Crippen molar-refractivity contribution >= 4 is 5.97 Å². The van der Waals surface area contributed by atoms with Crippen LogP contribution in [0.4, 0.5) is 0 Å². The highest BCUT2D eigenvalue weighted by Gasteiger charge is 2.29. The number of aryl methyl sites for hydroxylation is 2. The van der Waals surface area contributed by atoms with Gasteiger partial charge in [-0.1, -0.05) is 24.3 Å². The van der Waals surface area contributed by atoms with Crippen LogP contribution in [0.1, 0.15) is 56.6 Å². The number of aromatic nitrogens is 7. The fourth-order valence-corrected chi connectivity index (χ4v) is 4.50. The minimum Gasteiger partial charge on any atom is -0.489 e. The van der Waals surface area contributed by atoms with Crippen molar-refractivity contribution in [2.45, 2.75) is 65.5 Å². The first-order valence-electron chi connectivity index (χ1n) is 11.8. The second kappa shape index (κ2) is 10.3. The summed E-state index contributed by atoms with van der Waals surface area (Å²) in [6, 6.07) is 3.84. The van der Waals surface area contributed by atoms with Gasteiger partial charge in [0.15, 0.2) is 0 Å². The Morgan fingerprint density at radius 1 is 1.24 bits per heavy atom. The van der Waals surface area contributed by atoms with Crippen LogP contribution in [0.3, 0.4) is 0 Å². The van der Waals surface area contributed by atoms with Crippen molar-refractivity contribution in [3.63, 3.8) is 0 Å². The number of nitrogens with zero attached hydrogens (tertiary/aromatic N) is 7. The van der Waals surface area contributed by atoms with Crippen molar-refractivity contribution in [1.82, 2.24) is 35.0 Å². The topological polar surface area (TPSA) is 110 Å². The molecule has 10 nitrogen and oxygen atoms in total. The molecule has 1 aliphatic rings. The molecule has 0 spiro atoms. The van der Waals surface area contributed by atoms with Crippen molar-refractivity contribution in [2.75, 3.05) is 7.11 Å². The van der Waals surface area contributed by atoms with E-state index in [9.17, 15) is 4.79 Å². The Kier molecular flexibility index (Phi) is 7.23. The largest absolute Gasteiger partial charge is 0.489 e. The zero-order chi connectivity index (χ0) is 24.2. The maximum Gasteiger partial charge on any atom is 0.308 e. The molecule has 0 aromatic carbocycles. The second-order valence-electron chi connectivity index (χ2n) is 9.40. The second-order valence-corrected chi connectivity index (χ2v) is 9.40. The molecule has 34 heavy (non-hydrogen) atoms. The molecule has 1 fully saturated rings. The first kappa shape index (κ1) is 23.8. The van der Waals surface area contributed by atoms with Gasteiger partial charge in [-0.2, -0.15) is 0 Å². The molecule has 2 atom stereocenters. The zero-order valence-electron chi connectivity index (χ0n) is 20.6. The molecule has 0 saturated heterocycles. The van der Waals surface area contributed by atoms with Crippen LogP contribution >= 0.6 is 0 Å². The Labute approximate surface area is 199 Å². The number of rotatable bonds is 8.